The molecule has 2 aliphatic rings. The van der Waals surface area contributed by atoms with Gasteiger partial charge < -0.3 is 10.1 Å². The molecule has 1 N–H and O–H groups in total. The van der Waals surface area contributed by atoms with Crippen molar-refractivity contribution in [1.82, 2.24) is 5.32 Å². The van der Waals surface area contributed by atoms with E-state index in [2.05, 4.69) is 5.32 Å². The van der Waals surface area contributed by atoms with E-state index in [4.69, 9.17) is 4.74 Å². The number of carbonyl (C=O) groups is 1. The quantitative estimate of drug-likeness (QED) is 0.688. The van der Waals surface area contributed by atoms with Crippen molar-refractivity contribution in [1.29, 1.82) is 5.26 Å². The molecule has 3 rings (SSSR count). The summed E-state index contributed by atoms with van der Waals surface area (Å²) in [5.41, 5.74) is 1.94. The van der Waals surface area contributed by atoms with E-state index < -0.39 is 0 Å². The van der Waals surface area contributed by atoms with E-state index >= 15 is 0 Å². The van der Waals surface area contributed by atoms with Gasteiger partial charge in [-0.25, -0.2) is 0 Å². The molecule has 0 spiro atoms. The number of nitrogens with zero attached hydrogens (tertiary/aromatic N) is 1. The average molecular weight is 294 g/mol. The molecular formula is C18H18N2O2. The molecule has 1 aliphatic heterocycles. The van der Waals surface area contributed by atoms with Gasteiger partial charge in [-0.2, -0.15) is 5.26 Å². The molecule has 0 atom stereocenters. The number of rotatable bonds is 3. The summed E-state index contributed by atoms with van der Waals surface area (Å²) in [5, 5.41) is 12.2. The molecule has 4 nitrogen and oxygen atoms in total. The molecule has 1 amide bonds. The van der Waals surface area contributed by atoms with Crippen molar-refractivity contribution in [2.45, 2.75) is 31.7 Å². The average Bonchev–Trinajstić information content (AvgIpc) is 3.05. The van der Waals surface area contributed by atoms with Gasteiger partial charge in [0.25, 0.3) is 5.91 Å². The zero-order valence-corrected chi connectivity index (χ0v) is 12.3. The molecule has 0 radical (unpaired) electrons. The highest BCUT2D eigenvalue weighted by atomic mass is 16.5. The standard InChI is InChI=1S/C18H18N2O2/c19-11-15(18(21)20-16-6-2-3-7-16)10-13-9-14-5-1-4-8-17(14)22-12-13/h1,4-5,8-10,16H,2-3,6-7,12H2,(H,20,21). The second-order valence-corrected chi connectivity index (χ2v) is 5.67. The van der Waals surface area contributed by atoms with Crippen LogP contribution in [0.15, 0.2) is 41.5 Å². The van der Waals surface area contributed by atoms with E-state index in [1.54, 1.807) is 6.08 Å². The van der Waals surface area contributed by atoms with Crippen molar-refractivity contribution in [3.63, 3.8) is 0 Å². The number of hydrogen-bond donors (Lipinski definition) is 1. The third-order valence-electron chi connectivity index (χ3n) is 4.04. The highest BCUT2D eigenvalue weighted by Crippen LogP contribution is 2.26. The predicted octanol–water partition coefficient (Wildman–Crippen LogP) is 2.97. The Kier molecular flexibility index (Phi) is 4.24. The van der Waals surface area contributed by atoms with Crippen LogP contribution in [-0.4, -0.2) is 18.6 Å². The van der Waals surface area contributed by atoms with Crippen LogP contribution in [0.2, 0.25) is 0 Å². The van der Waals surface area contributed by atoms with E-state index in [0.29, 0.717) is 6.61 Å². The van der Waals surface area contributed by atoms with Gasteiger partial charge in [-0.15, -0.1) is 0 Å². The second kappa shape index (κ2) is 6.48. The van der Waals surface area contributed by atoms with Gasteiger partial charge in [0.05, 0.1) is 0 Å². The maximum absolute atomic E-state index is 12.2. The molecule has 4 heteroatoms. The van der Waals surface area contributed by atoms with Crippen molar-refractivity contribution >= 4 is 12.0 Å². The van der Waals surface area contributed by atoms with Crippen LogP contribution in [0.4, 0.5) is 0 Å². The highest BCUT2D eigenvalue weighted by Gasteiger charge is 2.20. The van der Waals surface area contributed by atoms with Gasteiger partial charge in [-0.3, -0.25) is 4.79 Å². The lowest BCUT2D eigenvalue weighted by Crippen LogP contribution is -2.33. The first kappa shape index (κ1) is 14.4. The zero-order valence-electron chi connectivity index (χ0n) is 12.3. The van der Waals surface area contributed by atoms with Gasteiger partial charge >= 0.3 is 0 Å². The first-order valence-electron chi connectivity index (χ1n) is 7.61. The minimum atomic E-state index is -0.283. The summed E-state index contributed by atoms with van der Waals surface area (Å²) in [6.07, 6.45) is 7.88. The van der Waals surface area contributed by atoms with Crippen LogP contribution in [-0.2, 0) is 4.79 Å². The Hall–Kier alpha value is -2.54. The summed E-state index contributed by atoms with van der Waals surface area (Å²) < 4.78 is 5.64. The molecule has 1 fully saturated rings. The van der Waals surface area contributed by atoms with Crippen LogP contribution in [0.3, 0.4) is 0 Å². The molecule has 22 heavy (non-hydrogen) atoms. The minimum Gasteiger partial charge on any atom is -0.488 e. The highest BCUT2D eigenvalue weighted by molar-refractivity contribution is 5.98. The SMILES string of the molecule is N#CC(=CC1=Cc2ccccc2OC1)C(=O)NC1CCCC1. The summed E-state index contributed by atoms with van der Waals surface area (Å²) in [7, 11) is 0. The van der Waals surface area contributed by atoms with Crippen LogP contribution in [0.5, 0.6) is 5.75 Å². The molecule has 112 valence electrons. The molecule has 0 bridgehead atoms. The smallest absolute Gasteiger partial charge is 0.262 e. The summed E-state index contributed by atoms with van der Waals surface area (Å²) in [6, 6.07) is 9.92. The normalized spacial score (nSPS) is 18.0. The molecule has 0 aromatic heterocycles. The van der Waals surface area contributed by atoms with Crippen molar-refractivity contribution in [3.8, 4) is 11.8 Å². The number of ether oxygens (including phenoxy) is 1. The van der Waals surface area contributed by atoms with E-state index in [9.17, 15) is 10.1 Å². The molecule has 1 saturated carbocycles. The molecule has 1 aliphatic carbocycles. The fraction of sp³-hybridized carbons (Fsp3) is 0.333. The number of amides is 1. The molecule has 1 heterocycles. The van der Waals surface area contributed by atoms with Gasteiger partial charge in [0.1, 0.15) is 24.0 Å². The van der Waals surface area contributed by atoms with Crippen LogP contribution in [0, 0.1) is 11.3 Å². The van der Waals surface area contributed by atoms with Gasteiger partial charge in [0.15, 0.2) is 0 Å². The maximum Gasteiger partial charge on any atom is 0.262 e. The number of hydrogen-bond acceptors (Lipinski definition) is 3. The molecule has 0 saturated heterocycles. The Morgan fingerprint density at radius 1 is 1.32 bits per heavy atom. The first-order chi connectivity index (χ1) is 10.8. The lowest BCUT2D eigenvalue weighted by molar-refractivity contribution is -0.117. The number of fused-ring (bicyclic) bond motifs is 1. The van der Waals surface area contributed by atoms with E-state index in [1.165, 1.54) is 0 Å². The molecular weight excluding hydrogens is 276 g/mol. The van der Waals surface area contributed by atoms with Crippen molar-refractivity contribution < 1.29 is 9.53 Å². The maximum atomic E-state index is 12.2. The number of carbonyl (C=O) groups excluding carboxylic acids is 1. The van der Waals surface area contributed by atoms with Gasteiger partial charge in [0, 0.05) is 11.6 Å². The van der Waals surface area contributed by atoms with Crippen molar-refractivity contribution in [2.75, 3.05) is 6.61 Å². The van der Waals surface area contributed by atoms with Gasteiger partial charge in [-0.05, 0) is 36.6 Å². The Balaban J connectivity index is 1.76. The van der Waals surface area contributed by atoms with Crippen LogP contribution in [0.1, 0.15) is 31.2 Å². The number of para-hydroxylation sites is 1. The lowest BCUT2D eigenvalue weighted by atomic mass is 10.0. The monoisotopic (exact) mass is 294 g/mol. The van der Waals surface area contributed by atoms with E-state index in [1.807, 2.05) is 36.4 Å². The summed E-state index contributed by atoms with van der Waals surface area (Å²) in [5.74, 6) is 0.544. The minimum absolute atomic E-state index is 0.140. The Labute approximate surface area is 130 Å². The van der Waals surface area contributed by atoms with E-state index in [-0.39, 0.29) is 17.5 Å². The summed E-state index contributed by atoms with van der Waals surface area (Å²) in [4.78, 5) is 12.2. The fourth-order valence-corrected chi connectivity index (χ4v) is 2.88. The number of nitrogens with one attached hydrogen (secondary N) is 1. The molecule has 0 unspecified atom stereocenters. The van der Waals surface area contributed by atoms with Gasteiger partial charge in [-0.1, -0.05) is 31.0 Å². The number of nitriles is 1. The fourth-order valence-electron chi connectivity index (χ4n) is 2.88. The molecule has 1 aromatic carbocycles. The third kappa shape index (κ3) is 3.20. The Bertz CT molecular complexity index is 677. The largest absolute Gasteiger partial charge is 0.488 e. The summed E-state index contributed by atoms with van der Waals surface area (Å²) >= 11 is 0. The predicted molar refractivity (Wildman–Crippen MR) is 84.0 cm³/mol. The van der Waals surface area contributed by atoms with Crippen LogP contribution < -0.4 is 10.1 Å². The Morgan fingerprint density at radius 3 is 2.86 bits per heavy atom. The molecule has 1 aromatic rings. The second-order valence-electron chi connectivity index (χ2n) is 5.67. The topological polar surface area (TPSA) is 62.1 Å². The van der Waals surface area contributed by atoms with Crippen LogP contribution in [0.25, 0.3) is 6.08 Å². The Morgan fingerprint density at radius 2 is 2.09 bits per heavy atom. The lowest BCUT2D eigenvalue weighted by Gasteiger charge is -2.16. The number of benzene rings is 1. The first-order valence-corrected chi connectivity index (χ1v) is 7.61. The van der Waals surface area contributed by atoms with Crippen molar-refractivity contribution in [2.24, 2.45) is 0 Å². The third-order valence-corrected chi connectivity index (χ3v) is 4.04. The summed E-state index contributed by atoms with van der Waals surface area (Å²) in [6.45, 7) is 0.374. The van der Waals surface area contributed by atoms with E-state index in [0.717, 1.165) is 42.6 Å². The van der Waals surface area contributed by atoms with Gasteiger partial charge in [0.2, 0.25) is 0 Å². The zero-order chi connectivity index (χ0) is 15.4. The van der Waals surface area contributed by atoms with Crippen LogP contribution >= 0.6 is 0 Å². The van der Waals surface area contributed by atoms with Crippen molar-refractivity contribution in [3.05, 3.63) is 47.1 Å².